The Kier molecular flexibility index (Phi) is 3.41. The zero-order chi connectivity index (χ0) is 17.7. The highest BCUT2D eigenvalue weighted by atomic mass is 19.2. The van der Waals surface area contributed by atoms with Gasteiger partial charge in [-0.1, -0.05) is 6.07 Å². The molecule has 2 atom stereocenters. The van der Waals surface area contributed by atoms with Crippen LogP contribution in [-0.2, 0) is 0 Å². The van der Waals surface area contributed by atoms with Crippen LogP contribution in [0.4, 0.5) is 13.2 Å². The number of aromatic hydroxyl groups is 1. The third-order valence-electron chi connectivity index (χ3n) is 4.37. The second-order valence-corrected chi connectivity index (χ2v) is 5.96. The highest BCUT2D eigenvalue weighted by Gasteiger charge is 2.42. The number of rotatable bonds is 3. The molecule has 1 saturated carbocycles. The molecule has 1 aliphatic carbocycles. The molecule has 3 aromatic rings. The SMILES string of the molecule is O=c1[nH]cc(O)n1[C@@H]1C[C@H]1c1ccc(-c2cc(F)c(F)c(F)c2)nc1. The van der Waals surface area contributed by atoms with E-state index < -0.39 is 17.5 Å². The second-order valence-electron chi connectivity index (χ2n) is 5.96. The van der Waals surface area contributed by atoms with E-state index in [1.807, 2.05) is 0 Å². The number of aromatic amines is 1. The molecule has 0 bridgehead atoms. The first-order chi connectivity index (χ1) is 12.0. The van der Waals surface area contributed by atoms with Crippen LogP contribution in [0.25, 0.3) is 11.3 Å². The minimum absolute atomic E-state index is 0.0163. The van der Waals surface area contributed by atoms with Crippen molar-refractivity contribution < 1.29 is 18.3 Å². The molecule has 8 heteroatoms. The van der Waals surface area contributed by atoms with E-state index in [0.717, 1.165) is 17.7 Å². The summed E-state index contributed by atoms with van der Waals surface area (Å²) in [6.45, 7) is 0. The van der Waals surface area contributed by atoms with Crippen molar-refractivity contribution in [1.29, 1.82) is 0 Å². The molecule has 128 valence electrons. The Bertz CT molecular complexity index is 988. The number of hydrogen-bond donors (Lipinski definition) is 2. The molecule has 2 heterocycles. The van der Waals surface area contributed by atoms with E-state index in [9.17, 15) is 23.1 Å². The summed E-state index contributed by atoms with van der Waals surface area (Å²) >= 11 is 0. The quantitative estimate of drug-likeness (QED) is 0.715. The molecule has 0 spiro atoms. The van der Waals surface area contributed by atoms with Gasteiger partial charge in [-0.25, -0.2) is 18.0 Å². The molecule has 1 aliphatic rings. The lowest BCUT2D eigenvalue weighted by atomic mass is 10.1. The molecule has 1 aromatic carbocycles. The predicted octanol–water partition coefficient (Wildman–Crippen LogP) is 3.09. The van der Waals surface area contributed by atoms with Crippen LogP contribution in [0.2, 0.25) is 0 Å². The van der Waals surface area contributed by atoms with Crippen LogP contribution >= 0.6 is 0 Å². The van der Waals surface area contributed by atoms with Gasteiger partial charge in [0.2, 0.25) is 5.88 Å². The molecular weight excluding hydrogens is 335 g/mol. The molecule has 0 aliphatic heterocycles. The Labute approximate surface area is 139 Å². The van der Waals surface area contributed by atoms with Crippen molar-refractivity contribution >= 4 is 0 Å². The summed E-state index contributed by atoms with van der Waals surface area (Å²) in [7, 11) is 0. The Hall–Kier alpha value is -3.03. The largest absolute Gasteiger partial charge is 0.493 e. The monoisotopic (exact) mass is 347 g/mol. The van der Waals surface area contributed by atoms with Gasteiger partial charge >= 0.3 is 5.69 Å². The normalized spacial score (nSPS) is 19.2. The Morgan fingerprint density at radius 2 is 1.92 bits per heavy atom. The van der Waals surface area contributed by atoms with Crippen molar-refractivity contribution in [2.75, 3.05) is 0 Å². The van der Waals surface area contributed by atoms with E-state index in [0.29, 0.717) is 12.1 Å². The number of benzene rings is 1. The maximum atomic E-state index is 13.3. The Morgan fingerprint density at radius 1 is 1.20 bits per heavy atom. The average molecular weight is 347 g/mol. The van der Waals surface area contributed by atoms with Gasteiger partial charge in [0.05, 0.1) is 11.9 Å². The van der Waals surface area contributed by atoms with Crippen LogP contribution in [0.15, 0.2) is 41.5 Å². The number of hydrogen-bond acceptors (Lipinski definition) is 3. The minimum Gasteiger partial charge on any atom is -0.493 e. The summed E-state index contributed by atoms with van der Waals surface area (Å²) in [6.07, 6.45) is 3.46. The fourth-order valence-electron chi connectivity index (χ4n) is 3.01. The van der Waals surface area contributed by atoms with E-state index in [-0.39, 0.29) is 29.1 Å². The molecule has 0 radical (unpaired) electrons. The number of pyridine rings is 1. The maximum absolute atomic E-state index is 13.3. The Morgan fingerprint density at radius 3 is 2.48 bits per heavy atom. The fraction of sp³-hybridized carbons (Fsp3) is 0.176. The molecule has 0 saturated heterocycles. The van der Waals surface area contributed by atoms with Crippen molar-refractivity contribution in [2.45, 2.75) is 18.4 Å². The standard InChI is InChI=1S/C17H12F3N3O2/c18-11-3-9(4-12(19)16(11)20)13-2-1-8(6-21-13)10-5-14(10)23-15(24)7-22-17(23)25/h1-4,6-7,10,14,24H,5H2,(H,22,25)/t10-,14+/m0/s1. The third kappa shape index (κ3) is 2.59. The van der Waals surface area contributed by atoms with Crippen molar-refractivity contribution in [1.82, 2.24) is 14.5 Å². The first-order valence-electron chi connectivity index (χ1n) is 7.55. The number of halogens is 3. The van der Waals surface area contributed by atoms with Gasteiger partial charge in [0.1, 0.15) is 0 Å². The van der Waals surface area contributed by atoms with Gasteiger partial charge in [-0.3, -0.25) is 9.55 Å². The average Bonchev–Trinajstić information content (AvgIpc) is 3.31. The van der Waals surface area contributed by atoms with Crippen LogP contribution in [0.1, 0.15) is 23.9 Å². The molecule has 5 nitrogen and oxygen atoms in total. The smallest absolute Gasteiger partial charge is 0.328 e. The molecule has 2 N–H and O–H groups in total. The lowest BCUT2D eigenvalue weighted by molar-refractivity contribution is 0.413. The summed E-state index contributed by atoms with van der Waals surface area (Å²) in [5.74, 6) is -4.17. The number of nitrogens with one attached hydrogen (secondary N) is 1. The van der Waals surface area contributed by atoms with E-state index >= 15 is 0 Å². The summed E-state index contributed by atoms with van der Waals surface area (Å²) in [4.78, 5) is 18.2. The summed E-state index contributed by atoms with van der Waals surface area (Å²) in [5, 5.41) is 9.69. The van der Waals surface area contributed by atoms with Crippen LogP contribution in [-0.4, -0.2) is 19.6 Å². The first kappa shape index (κ1) is 15.5. The van der Waals surface area contributed by atoms with Crippen molar-refractivity contribution in [3.05, 3.63) is 70.2 Å². The number of nitrogens with zero attached hydrogens (tertiary/aromatic N) is 2. The Balaban J connectivity index is 1.59. The summed E-state index contributed by atoms with van der Waals surface area (Å²) < 4.78 is 41.0. The van der Waals surface area contributed by atoms with Gasteiger partial charge in [-0.2, -0.15) is 0 Å². The van der Waals surface area contributed by atoms with Crippen LogP contribution in [0.3, 0.4) is 0 Å². The van der Waals surface area contributed by atoms with Gasteiger partial charge in [0.25, 0.3) is 0 Å². The van der Waals surface area contributed by atoms with Crippen molar-refractivity contribution in [3.63, 3.8) is 0 Å². The fourth-order valence-corrected chi connectivity index (χ4v) is 3.01. The van der Waals surface area contributed by atoms with Gasteiger partial charge in [-0.05, 0) is 30.2 Å². The molecule has 0 unspecified atom stereocenters. The molecule has 0 amide bonds. The van der Waals surface area contributed by atoms with Gasteiger partial charge < -0.3 is 10.1 Å². The van der Waals surface area contributed by atoms with Gasteiger partial charge in [0, 0.05) is 23.7 Å². The topological polar surface area (TPSA) is 70.9 Å². The highest BCUT2D eigenvalue weighted by molar-refractivity contribution is 5.59. The lowest BCUT2D eigenvalue weighted by Crippen LogP contribution is -2.15. The molecule has 25 heavy (non-hydrogen) atoms. The second kappa shape index (κ2) is 5.51. The van der Waals surface area contributed by atoms with E-state index in [2.05, 4.69) is 9.97 Å². The zero-order valence-electron chi connectivity index (χ0n) is 12.7. The van der Waals surface area contributed by atoms with E-state index in [4.69, 9.17) is 0 Å². The third-order valence-corrected chi connectivity index (χ3v) is 4.37. The van der Waals surface area contributed by atoms with Gasteiger partial charge in [0.15, 0.2) is 17.5 Å². The summed E-state index contributed by atoms with van der Waals surface area (Å²) in [5.41, 5.74) is 0.895. The maximum Gasteiger partial charge on any atom is 0.328 e. The molecule has 4 rings (SSSR count). The molecule has 1 fully saturated rings. The molecular formula is C17H12F3N3O2. The van der Waals surface area contributed by atoms with Crippen LogP contribution in [0.5, 0.6) is 5.88 Å². The van der Waals surface area contributed by atoms with E-state index in [1.54, 1.807) is 18.3 Å². The van der Waals surface area contributed by atoms with Crippen molar-refractivity contribution in [2.24, 2.45) is 0 Å². The number of imidazole rings is 1. The van der Waals surface area contributed by atoms with E-state index in [1.165, 1.54) is 10.8 Å². The first-order valence-corrected chi connectivity index (χ1v) is 7.55. The summed E-state index contributed by atoms with van der Waals surface area (Å²) in [6, 6.07) is 4.93. The number of aromatic nitrogens is 3. The zero-order valence-corrected chi connectivity index (χ0v) is 12.7. The molecule has 2 aromatic heterocycles. The minimum atomic E-state index is -1.52. The van der Waals surface area contributed by atoms with Crippen LogP contribution < -0.4 is 5.69 Å². The van der Waals surface area contributed by atoms with Crippen LogP contribution in [0, 0.1) is 17.5 Å². The van der Waals surface area contributed by atoms with Gasteiger partial charge in [-0.15, -0.1) is 0 Å². The predicted molar refractivity (Wildman–Crippen MR) is 82.7 cm³/mol. The van der Waals surface area contributed by atoms with Crippen molar-refractivity contribution in [3.8, 4) is 17.1 Å². The number of H-pyrrole nitrogens is 1. The lowest BCUT2D eigenvalue weighted by Gasteiger charge is -2.06. The highest BCUT2D eigenvalue weighted by Crippen LogP contribution is 2.51.